The van der Waals surface area contributed by atoms with E-state index in [4.69, 9.17) is 4.74 Å². The molecule has 1 N–H and O–H groups in total. The second-order valence-electron chi connectivity index (χ2n) is 4.86. The monoisotopic (exact) mass is 293 g/mol. The van der Waals surface area contributed by atoms with Crippen LogP contribution >= 0.6 is 0 Å². The first-order chi connectivity index (χ1) is 10.7. The minimum absolute atomic E-state index is 0.348. The molecule has 4 heteroatoms. The molecule has 0 aliphatic heterocycles. The van der Waals surface area contributed by atoms with Crippen molar-refractivity contribution in [1.82, 2.24) is 0 Å². The first-order valence-electron chi connectivity index (χ1n) is 7.09. The van der Waals surface area contributed by atoms with Gasteiger partial charge in [-0.25, -0.2) is 0 Å². The van der Waals surface area contributed by atoms with Crippen molar-refractivity contribution in [3.05, 3.63) is 75.0 Å². The Morgan fingerprint density at radius 1 is 0.909 bits per heavy atom. The Morgan fingerprint density at radius 3 is 2.23 bits per heavy atom. The lowest BCUT2D eigenvalue weighted by atomic mass is 9.98. The zero-order chi connectivity index (χ0) is 15.5. The summed E-state index contributed by atoms with van der Waals surface area (Å²) in [5.41, 5.74) is 1.36. The zero-order valence-electron chi connectivity index (χ0n) is 12.1. The number of rotatable bonds is 5. The highest BCUT2D eigenvalue weighted by Crippen LogP contribution is 2.26. The molecule has 110 valence electrons. The number of benzene rings is 2. The van der Waals surface area contributed by atoms with Crippen molar-refractivity contribution in [2.24, 2.45) is 0 Å². The summed E-state index contributed by atoms with van der Waals surface area (Å²) in [6, 6.07) is 16.5. The summed E-state index contributed by atoms with van der Waals surface area (Å²) in [4.78, 5) is 23.7. The number of hydrogen-bond acceptors (Lipinski definition) is 4. The highest BCUT2D eigenvalue weighted by atomic mass is 16.5. The lowest BCUT2D eigenvalue weighted by Crippen LogP contribution is -2.35. The van der Waals surface area contributed by atoms with Crippen molar-refractivity contribution in [1.29, 1.82) is 0 Å². The molecule has 3 aromatic carbocycles. The number of anilines is 2. The molecule has 3 aromatic rings. The summed E-state index contributed by atoms with van der Waals surface area (Å²) in [5.74, 6) is 0.765. The van der Waals surface area contributed by atoms with Gasteiger partial charge in [-0.2, -0.15) is 0 Å². The van der Waals surface area contributed by atoms with Crippen LogP contribution in [0.1, 0.15) is 6.92 Å². The Labute approximate surface area is 127 Å². The van der Waals surface area contributed by atoms with E-state index in [0.717, 1.165) is 17.0 Å². The maximum atomic E-state index is 11.8. The predicted octanol–water partition coefficient (Wildman–Crippen LogP) is 3.09. The zero-order valence-corrected chi connectivity index (χ0v) is 12.1. The molecule has 0 fully saturated rings. The van der Waals surface area contributed by atoms with E-state index < -0.39 is 10.9 Å². The maximum Gasteiger partial charge on any atom is 0.250 e. The Kier molecular flexibility index (Phi) is 3.74. The van der Waals surface area contributed by atoms with Crippen LogP contribution < -0.4 is 20.9 Å². The van der Waals surface area contributed by atoms with Gasteiger partial charge in [0, 0.05) is 5.69 Å². The molecule has 22 heavy (non-hydrogen) atoms. The van der Waals surface area contributed by atoms with Crippen molar-refractivity contribution in [2.45, 2.75) is 6.92 Å². The van der Waals surface area contributed by atoms with Crippen LogP contribution in [0, 0.1) is 0 Å². The van der Waals surface area contributed by atoms with E-state index in [9.17, 15) is 9.59 Å². The van der Waals surface area contributed by atoms with Gasteiger partial charge in [0.1, 0.15) is 11.4 Å². The van der Waals surface area contributed by atoms with Crippen LogP contribution in [0.3, 0.4) is 0 Å². The van der Waals surface area contributed by atoms with Crippen molar-refractivity contribution in [3.63, 3.8) is 0 Å². The third-order valence-electron chi connectivity index (χ3n) is 3.41. The quantitative estimate of drug-likeness (QED) is 0.734. The number of ether oxygens (including phenoxy) is 1. The predicted molar refractivity (Wildman–Crippen MR) is 87.7 cm³/mol. The molecule has 0 amide bonds. The van der Waals surface area contributed by atoms with Crippen LogP contribution in [0.25, 0.3) is 11.1 Å². The first-order valence-corrected chi connectivity index (χ1v) is 7.09. The third kappa shape index (κ3) is 2.51. The molecular formula is C18H15NO3. The van der Waals surface area contributed by atoms with Crippen LogP contribution in [-0.2, 0) is 0 Å². The molecule has 0 heterocycles. The van der Waals surface area contributed by atoms with Crippen LogP contribution in [0.15, 0.2) is 64.2 Å². The van der Waals surface area contributed by atoms with Crippen LogP contribution in [0.2, 0.25) is 0 Å². The topological polar surface area (TPSA) is 55.4 Å². The summed E-state index contributed by atoms with van der Waals surface area (Å²) >= 11 is 0. The third-order valence-corrected chi connectivity index (χ3v) is 3.41. The van der Waals surface area contributed by atoms with Crippen molar-refractivity contribution in [2.75, 3.05) is 11.9 Å². The number of hydrogen-bond donors (Lipinski definition) is 1. The first kappa shape index (κ1) is 14.1. The summed E-state index contributed by atoms with van der Waals surface area (Å²) in [5, 5.41) is 3.03. The molecule has 0 aliphatic rings. The fourth-order valence-electron chi connectivity index (χ4n) is 2.34. The van der Waals surface area contributed by atoms with Gasteiger partial charge in [-0.05, 0) is 36.8 Å². The molecule has 0 radical (unpaired) electrons. The van der Waals surface area contributed by atoms with Gasteiger partial charge >= 0.3 is 0 Å². The summed E-state index contributed by atoms with van der Waals surface area (Å²) in [7, 11) is 0. The van der Waals surface area contributed by atoms with Gasteiger partial charge in [-0.15, -0.1) is 0 Å². The minimum atomic E-state index is -0.479. The van der Waals surface area contributed by atoms with Crippen LogP contribution in [0.5, 0.6) is 5.75 Å². The van der Waals surface area contributed by atoms with E-state index >= 15 is 0 Å². The van der Waals surface area contributed by atoms with Crippen molar-refractivity contribution in [3.8, 4) is 16.9 Å². The van der Waals surface area contributed by atoms with E-state index in [1.54, 1.807) is 0 Å². The normalized spacial score (nSPS) is 10.6. The Morgan fingerprint density at radius 2 is 1.59 bits per heavy atom. The molecule has 4 nitrogen and oxygen atoms in total. The lowest BCUT2D eigenvalue weighted by molar-refractivity contribution is 0.340. The van der Waals surface area contributed by atoms with Crippen LogP contribution in [-0.4, -0.2) is 6.61 Å². The smallest absolute Gasteiger partial charge is 0.250 e. The highest BCUT2D eigenvalue weighted by molar-refractivity contribution is 5.84. The van der Waals surface area contributed by atoms with E-state index in [0.29, 0.717) is 17.9 Å². The van der Waals surface area contributed by atoms with Crippen LogP contribution in [0.4, 0.5) is 11.4 Å². The van der Waals surface area contributed by atoms with Gasteiger partial charge < -0.3 is 10.1 Å². The Bertz CT molecular complexity index is 844. The van der Waals surface area contributed by atoms with Crippen molar-refractivity contribution >= 4 is 11.4 Å². The maximum absolute atomic E-state index is 11.8. The van der Waals surface area contributed by atoms with Gasteiger partial charge in [0.15, 0.2) is 0 Å². The summed E-state index contributed by atoms with van der Waals surface area (Å²) in [6.07, 6.45) is 0. The second kappa shape index (κ2) is 5.85. The Balaban J connectivity index is 1.89. The molecule has 0 atom stereocenters. The molecule has 3 rings (SSSR count). The van der Waals surface area contributed by atoms with E-state index in [2.05, 4.69) is 5.32 Å². The van der Waals surface area contributed by atoms with E-state index in [-0.39, 0.29) is 0 Å². The molecule has 0 spiro atoms. The number of nitrogens with one attached hydrogen (secondary N) is 1. The van der Waals surface area contributed by atoms with Gasteiger partial charge in [0.25, 0.3) is 5.43 Å². The van der Waals surface area contributed by atoms with Gasteiger partial charge in [0.05, 0.1) is 12.2 Å². The fourth-order valence-corrected chi connectivity index (χ4v) is 2.34. The molecule has 0 bridgehead atoms. The van der Waals surface area contributed by atoms with Gasteiger partial charge in [-0.3, -0.25) is 9.59 Å². The second-order valence-corrected chi connectivity index (χ2v) is 4.86. The van der Waals surface area contributed by atoms with E-state index in [1.165, 1.54) is 0 Å². The average Bonchev–Trinajstić information content (AvgIpc) is 2.57. The molecule has 0 saturated heterocycles. The standard InChI is InChI=1S/C18H15NO3/c1-2-22-14-10-8-13(9-11-14)19-16-15(17(20)18(16)21)12-6-4-3-5-7-12/h3-11,19H,2H2,1H3. The fraction of sp³-hybridized carbons (Fsp3) is 0.111. The SMILES string of the molecule is CCOc1ccc(Nc2c(-c3ccccc3)c(=O)c2=O)cc1. The van der Waals surface area contributed by atoms with Gasteiger partial charge in [-0.1, -0.05) is 30.3 Å². The summed E-state index contributed by atoms with van der Waals surface area (Å²) < 4.78 is 5.37. The Hall–Kier alpha value is -2.88. The molecule has 0 unspecified atom stereocenters. The van der Waals surface area contributed by atoms with E-state index in [1.807, 2.05) is 61.5 Å². The highest BCUT2D eigenvalue weighted by Gasteiger charge is 2.22. The van der Waals surface area contributed by atoms with Crippen molar-refractivity contribution < 1.29 is 4.74 Å². The molecular weight excluding hydrogens is 278 g/mol. The molecule has 0 aromatic heterocycles. The summed E-state index contributed by atoms with van der Waals surface area (Å²) in [6.45, 7) is 2.52. The largest absolute Gasteiger partial charge is 0.494 e. The lowest BCUT2D eigenvalue weighted by Gasteiger charge is -2.13. The minimum Gasteiger partial charge on any atom is -0.494 e. The average molecular weight is 293 g/mol. The molecule has 0 saturated carbocycles. The van der Waals surface area contributed by atoms with Gasteiger partial charge in [0.2, 0.25) is 5.43 Å². The molecule has 0 aliphatic carbocycles.